The zero-order valence-corrected chi connectivity index (χ0v) is 6.24. The molecule has 0 aromatic heterocycles. The molecule has 0 aliphatic heterocycles. The molecule has 0 spiro atoms. The molecule has 0 aromatic rings. The Bertz CT molecular complexity index is 174. The summed E-state index contributed by atoms with van der Waals surface area (Å²) in [5.41, 5.74) is 0. The van der Waals surface area contributed by atoms with Crippen molar-refractivity contribution in [3.05, 3.63) is 12.7 Å². The van der Waals surface area contributed by atoms with E-state index >= 15 is 0 Å². The van der Waals surface area contributed by atoms with Gasteiger partial charge in [0.05, 0.1) is 6.61 Å². The van der Waals surface area contributed by atoms with Gasteiger partial charge in [-0.3, -0.25) is 0 Å². The van der Waals surface area contributed by atoms with Crippen molar-refractivity contribution in [3.63, 3.8) is 0 Å². The molecule has 0 fully saturated rings. The highest BCUT2D eigenvalue weighted by atomic mass is 19.4. The van der Waals surface area contributed by atoms with E-state index in [-0.39, 0.29) is 0 Å². The van der Waals surface area contributed by atoms with Crippen LogP contribution < -0.4 is 0 Å². The first kappa shape index (κ1) is 12.3. The van der Waals surface area contributed by atoms with Crippen LogP contribution in [0.1, 0.15) is 0 Å². The van der Waals surface area contributed by atoms with Crippen LogP contribution in [0.5, 0.6) is 0 Å². The van der Waals surface area contributed by atoms with Gasteiger partial charge in [-0.05, 0) is 0 Å². The van der Waals surface area contributed by atoms with Crippen molar-refractivity contribution >= 4 is 0 Å². The standard InChI is InChI=1S/C6H6F6O/c1-2-3-13-6(11,12)4(7)5(8,9)10/h2,4H,1,3H2/t4-/m0/s1. The third-order valence-electron chi connectivity index (χ3n) is 0.976. The Kier molecular flexibility index (Phi) is 3.77. The Morgan fingerprint density at radius 2 is 1.69 bits per heavy atom. The Morgan fingerprint density at radius 1 is 1.23 bits per heavy atom. The van der Waals surface area contributed by atoms with Gasteiger partial charge in [0.2, 0.25) is 0 Å². The van der Waals surface area contributed by atoms with E-state index in [0.717, 1.165) is 6.08 Å². The number of halogens is 6. The second-order valence-electron chi connectivity index (χ2n) is 2.07. The van der Waals surface area contributed by atoms with Crippen LogP contribution in [0.4, 0.5) is 26.3 Å². The van der Waals surface area contributed by atoms with Crippen LogP contribution in [0.25, 0.3) is 0 Å². The SMILES string of the molecule is C=CCOC(F)(F)[C@@H](F)C(F)(F)F. The van der Waals surface area contributed by atoms with Gasteiger partial charge in [-0.25, -0.2) is 4.39 Å². The summed E-state index contributed by atoms with van der Waals surface area (Å²) in [4.78, 5) is 0. The molecule has 0 heterocycles. The zero-order valence-electron chi connectivity index (χ0n) is 6.24. The molecule has 0 bridgehead atoms. The minimum atomic E-state index is -5.63. The van der Waals surface area contributed by atoms with Crippen molar-refractivity contribution in [2.45, 2.75) is 18.5 Å². The maximum absolute atomic E-state index is 12.1. The molecule has 78 valence electrons. The van der Waals surface area contributed by atoms with Gasteiger partial charge in [0.25, 0.3) is 6.17 Å². The largest absolute Gasteiger partial charge is 0.428 e. The summed E-state index contributed by atoms with van der Waals surface area (Å²) in [5.74, 6) is 0. The van der Waals surface area contributed by atoms with Gasteiger partial charge >= 0.3 is 12.3 Å². The smallest absolute Gasteiger partial charge is 0.314 e. The Labute approximate surface area is 70.0 Å². The van der Waals surface area contributed by atoms with Crippen LogP contribution in [0.2, 0.25) is 0 Å². The third kappa shape index (κ3) is 3.67. The maximum atomic E-state index is 12.1. The van der Waals surface area contributed by atoms with Crippen molar-refractivity contribution in [2.24, 2.45) is 0 Å². The summed E-state index contributed by atoms with van der Waals surface area (Å²) >= 11 is 0. The van der Waals surface area contributed by atoms with E-state index in [0.29, 0.717) is 0 Å². The molecule has 0 saturated carbocycles. The number of alkyl halides is 6. The molecule has 0 N–H and O–H groups in total. The lowest BCUT2D eigenvalue weighted by molar-refractivity contribution is -0.332. The molecule has 7 heteroatoms. The summed E-state index contributed by atoms with van der Waals surface area (Å²) < 4.78 is 73.8. The van der Waals surface area contributed by atoms with Crippen LogP contribution in [0, 0.1) is 0 Å². The van der Waals surface area contributed by atoms with E-state index in [4.69, 9.17) is 0 Å². The van der Waals surface area contributed by atoms with Gasteiger partial charge in [0, 0.05) is 0 Å². The van der Waals surface area contributed by atoms with Crippen molar-refractivity contribution in [3.8, 4) is 0 Å². The fraction of sp³-hybridized carbons (Fsp3) is 0.667. The number of hydrogen-bond donors (Lipinski definition) is 0. The first-order valence-corrected chi connectivity index (χ1v) is 3.05. The lowest BCUT2D eigenvalue weighted by Crippen LogP contribution is -2.43. The topological polar surface area (TPSA) is 9.23 Å². The van der Waals surface area contributed by atoms with Gasteiger partial charge in [-0.1, -0.05) is 6.08 Å². The Balaban J connectivity index is 4.34. The summed E-state index contributed by atoms with van der Waals surface area (Å²) in [7, 11) is 0. The first-order valence-electron chi connectivity index (χ1n) is 3.05. The van der Waals surface area contributed by atoms with E-state index in [2.05, 4.69) is 11.3 Å². The second-order valence-corrected chi connectivity index (χ2v) is 2.07. The van der Waals surface area contributed by atoms with Gasteiger partial charge in [-0.15, -0.1) is 6.58 Å². The van der Waals surface area contributed by atoms with E-state index < -0.39 is 25.1 Å². The van der Waals surface area contributed by atoms with Crippen LogP contribution in [-0.4, -0.2) is 25.1 Å². The molecule has 0 aliphatic carbocycles. The maximum Gasteiger partial charge on any atom is 0.428 e. The quantitative estimate of drug-likeness (QED) is 0.509. The molecule has 1 atom stereocenters. The lowest BCUT2D eigenvalue weighted by Gasteiger charge is -2.21. The van der Waals surface area contributed by atoms with E-state index in [1.54, 1.807) is 0 Å². The van der Waals surface area contributed by atoms with Crippen LogP contribution in [-0.2, 0) is 4.74 Å². The summed E-state index contributed by atoms with van der Waals surface area (Å²) in [6, 6.07) is 0. The lowest BCUT2D eigenvalue weighted by atomic mass is 10.3. The minimum absolute atomic E-state index is 0.789. The number of ether oxygens (including phenoxy) is 1. The zero-order chi connectivity index (χ0) is 10.7. The molecule has 0 aromatic carbocycles. The van der Waals surface area contributed by atoms with E-state index in [1.807, 2.05) is 0 Å². The van der Waals surface area contributed by atoms with Gasteiger partial charge < -0.3 is 4.74 Å². The Hall–Kier alpha value is -0.720. The molecule has 0 saturated heterocycles. The molecular weight excluding hydrogens is 202 g/mol. The van der Waals surface area contributed by atoms with Gasteiger partial charge in [0.15, 0.2) is 0 Å². The van der Waals surface area contributed by atoms with Crippen LogP contribution in [0.15, 0.2) is 12.7 Å². The molecule has 0 rings (SSSR count). The fourth-order valence-electron chi connectivity index (χ4n) is 0.434. The minimum Gasteiger partial charge on any atom is -0.314 e. The van der Waals surface area contributed by atoms with Crippen LogP contribution >= 0.6 is 0 Å². The summed E-state index contributed by atoms with van der Waals surface area (Å²) in [5, 5.41) is 0. The van der Waals surface area contributed by atoms with E-state index in [9.17, 15) is 26.3 Å². The second kappa shape index (κ2) is 3.99. The average Bonchev–Trinajstić information content (AvgIpc) is 1.98. The van der Waals surface area contributed by atoms with Gasteiger partial charge in [0.1, 0.15) is 0 Å². The molecule has 0 amide bonds. The van der Waals surface area contributed by atoms with Crippen molar-refractivity contribution < 1.29 is 31.1 Å². The molecule has 0 aliphatic rings. The molecule has 1 nitrogen and oxygen atoms in total. The highest BCUT2D eigenvalue weighted by Crippen LogP contribution is 2.35. The molecule has 0 radical (unpaired) electrons. The monoisotopic (exact) mass is 208 g/mol. The summed E-state index contributed by atoms with van der Waals surface area (Å²) in [6.45, 7) is 2.07. The number of rotatable bonds is 4. The predicted octanol–water partition coefficient (Wildman–Crippen LogP) is 2.68. The average molecular weight is 208 g/mol. The number of hydrogen-bond acceptors (Lipinski definition) is 1. The molecule has 0 unspecified atom stereocenters. The van der Waals surface area contributed by atoms with Crippen molar-refractivity contribution in [1.29, 1.82) is 0 Å². The normalized spacial score (nSPS) is 15.5. The van der Waals surface area contributed by atoms with Crippen molar-refractivity contribution in [1.82, 2.24) is 0 Å². The third-order valence-corrected chi connectivity index (χ3v) is 0.976. The highest BCUT2D eigenvalue weighted by Gasteiger charge is 2.58. The molecular formula is C6H6F6O. The van der Waals surface area contributed by atoms with Crippen molar-refractivity contribution in [2.75, 3.05) is 6.61 Å². The fourth-order valence-corrected chi connectivity index (χ4v) is 0.434. The highest BCUT2D eigenvalue weighted by molar-refractivity contribution is 4.77. The molecule has 13 heavy (non-hydrogen) atoms. The first-order chi connectivity index (χ1) is 5.72. The van der Waals surface area contributed by atoms with E-state index in [1.165, 1.54) is 0 Å². The van der Waals surface area contributed by atoms with Gasteiger partial charge in [-0.2, -0.15) is 22.0 Å². The Morgan fingerprint density at radius 3 is 2.00 bits per heavy atom. The van der Waals surface area contributed by atoms with Crippen LogP contribution in [0.3, 0.4) is 0 Å². The summed E-state index contributed by atoms with van der Waals surface area (Å²) in [6.07, 6.45) is -14.0. The predicted molar refractivity (Wildman–Crippen MR) is 32.0 cm³/mol.